The summed E-state index contributed by atoms with van der Waals surface area (Å²) in [6, 6.07) is 10.00. The monoisotopic (exact) mass is 218 g/mol. The van der Waals surface area contributed by atoms with Crippen molar-refractivity contribution in [1.82, 2.24) is 14.8 Å². The molecule has 16 heavy (non-hydrogen) atoms. The van der Waals surface area contributed by atoms with E-state index in [2.05, 4.69) is 10.1 Å². The number of nitrogens with two attached hydrogens (primary N) is 1. The van der Waals surface area contributed by atoms with Crippen LogP contribution < -0.4 is 5.73 Å². The molecule has 2 N–H and O–H groups in total. The molecule has 0 saturated heterocycles. The van der Waals surface area contributed by atoms with E-state index in [-0.39, 0.29) is 0 Å². The molecule has 2 rings (SSSR count). The van der Waals surface area contributed by atoms with E-state index in [1.165, 1.54) is 0 Å². The zero-order chi connectivity index (χ0) is 11.2. The zero-order valence-electron chi connectivity index (χ0n) is 8.91. The highest BCUT2D eigenvalue weighted by Crippen LogP contribution is 2.01. The van der Waals surface area contributed by atoms with Gasteiger partial charge in [0, 0.05) is 0 Å². The summed E-state index contributed by atoms with van der Waals surface area (Å²) >= 11 is 0. The molecule has 0 aliphatic heterocycles. The average Bonchev–Trinajstić information content (AvgIpc) is 2.78. The van der Waals surface area contributed by atoms with E-state index >= 15 is 0 Å². The molecule has 0 atom stereocenters. The van der Waals surface area contributed by atoms with Crippen LogP contribution in [-0.4, -0.2) is 14.8 Å². The van der Waals surface area contributed by atoms with Gasteiger partial charge in [-0.3, -0.25) is 0 Å². The van der Waals surface area contributed by atoms with Crippen molar-refractivity contribution in [2.24, 2.45) is 5.73 Å². The first-order valence-corrected chi connectivity index (χ1v) is 5.08. The van der Waals surface area contributed by atoms with Crippen LogP contribution in [0.1, 0.15) is 11.4 Å². The first kappa shape index (κ1) is 10.8. The molecule has 1 aromatic heterocycles. The highest BCUT2D eigenvalue weighted by molar-refractivity contribution is 5.13. The van der Waals surface area contributed by atoms with E-state index in [1.54, 1.807) is 11.0 Å². The maximum absolute atomic E-state index is 5.48. The molecule has 0 amide bonds. The largest absolute Gasteiger partial charge is 0.355 e. The molecule has 0 saturated carbocycles. The van der Waals surface area contributed by atoms with Crippen LogP contribution in [-0.2, 0) is 24.6 Å². The summed E-state index contributed by atoms with van der Waals surface area (Å²) in [5.74, 6) is 0.628. The molecule has 5 heteroatoms. The molecule has 0 bridgehead atoms. The average molecular weight is 218 g/mol. The molecular weight excluding hydrogens is 204 g/mol. The second-order valence-corrected chi connectivity index (χ2v) is 3.37. The minimum atomic E-state index is 0.353. The van der Waals surface area contributed by atoms with Gasteiger partial charge in [-0.1, -0.05) is 30.3 Å². The number of aromatic nitrogens is 3. The van der Waals surface area contributed by atoms with E-state index in [9.17, 15) is 0 Å². The third-order valence-corrected chi connectivity index (χ3v) is 2.10. The molecule has 0 aliphatic rings. The molecule has 2 aromatic rings. The van der Waals surface area contributed by atoms with Crippen molar-refractivity contribution in [3.05, 3.63) is 48.0 Å². The van der Waals surface area contributed by atoms with Crippen LogP contribution in [0.25, 0.3) is 0 Å². The van der Waals surface area contributed by atoms with Crippen LogP contribution in [0.4, 0.5) is 0 Å². The summed E-state index contributed by atoms with van der Waals surface area (Å²) in [4.78, 5) is 4.01. The molecule has 84 valence electrons. The van der Waals surface area contributed by atoms with E-state index in [0.717, 1.165) is 5.56 Å². The first-order chi connectivity index (χ1) is 7.88. The van der Waals surface area contributed by atoms with E-state index < -0.39 is 0 Å². The van der Waals surface area contributed by atoms with Crippen LogP contribution in [0.3, 0.4) is 0 Å². The number of rotatable bonds is 5. The SMILES string of the molecule is NCc1ncn(COCc2ccccc2)n1. The van der Waals surface area contributed by atoms with Gasteiger partial charge in [-0.2, -0.15) is 5.10 Å². The van der Waals surface area contributed by atoms with Gasteiger partial charge in [-0.15, -0.1) is 0 Å². The number of benzene rings is 1. The predicted molar refractivity (Wildman–Crippen MR) is 59.1 cm³/mol. The quantitative estimate of drug-likeness (QED) is 0.810. The Kier molecular flexibility index (Phi) is 3.63. The smallest absolute Gasteiger partial charge is 0.164 e. The lowest BCUT2D eigenvalue weighted by molar-refractivity contribution is 0.0557. The fourth-order valence-corrected chi connectivity index (χ4v) is 1.32. The van der Waals surface area contributed by atoms with Gasteiger partial charge in [0.05, 0.1) is 13.2 Å². The van der Waals surface area contributed by atoms with Gasteiger partial charge in [0.15, 0.2) is 5.82 Å². The van der Waals surface area contributed by atoms with Gasteiger partial charge in [-0.05, 0) is 5.56 Å². The Labute approximate surface area is 93.9 Å². The lowest BCUT2D eigenvalue weighted by Crippen LogP contribution is -2.05. The van der Waals surface area contributed by atoms with Crippen molar-refractivity contribution in [2.45, 2.75) is 19.9 Å². The van der Waals surface area contributed by atoms with Crippen LogP contribution in [0.15, 0.2) is 36.7 Å². The lowest BCUT2D eigenvalue weighted by Gasteiger charge is -2.03. The summed E-state index contributed by atoms with van der Waals surface area (Å²) in [6.45, 7) is 1.31. The topological polar surface area (TPSA) is 66.0 Å². The third-order valence-electron chi connectivity index (χ3n) is 2.10. The maximum atomic E-state index is 5.48. The molecule has 5 nitrogen and oxygen atoms in total. The van der Waals surface area contributed by atoms with Gasteiger partial charge in [0.25, 0.3) is 0 Å². The van der Waals surface area contributed by atoms with Crippen molar-refractivity contribution in [3.8, 4) is 0 Å². The Morgan fingerprint density at radius 3 is 2.75 bits per heavy atom. The van der Waals surface area contributed by atoms with Crippen molar-refractivity contribution in [2.75, 3.05) is 0 Å². The molecule has 0 aliphatic carbocycles. The number of ether oxygens (including phenoxy) is 1. The van der Waals surface area contributed by atoms with Gasteiger partial charge in [-0.25, -0.2) is 9.67 Å². The van der Waals surface area contributed by atoms with Gasteiger partial charge in [0.1, 0.15) is 13.1 Å². The lowest BCUT2D eigenvalue weighted by atomic mass is 10.2. The van der Waals surface area contributed by atoms with Crippen molar-refractivity contribution in [3.63, 3.8) is 0 Å². The Morgan fingerprint density at radius 2 is 2.06 bits per heavy atom. The van der Waals surface area contributed by atoms with Crippen molar-refractivity contribution < 1.29 is 4.74 Å². The molecule has 0 fully saturated rings. The predicted octanol–water partition coefficient (Wildman–Crippen LogP) is 0.911. The van der Waals surface area contributed by atoms with Crippen LogP contribution in [0, 0.1) is 0 Å². The minimum Gasteiger partial charge on any atom is -0.355 e. The molecule has 0 spiro atoms. The Morgan fingerprint density at radius 1 is 1.25 bits per heavy atom. The number of hydrogen-bond acceptors (Lipinski definition) is 4. The summed E-state index contributed by atoms with van der Waals surface area (Å²) in [5.41, 5.74) is 6.54. The summed E-state index contributed by atoms with van der Waals surface area (Å²) < 4.78 is 7.11. The molecule has 1 aromatic carbocycles. The van der Waals surface area contributed by atoms with E-state index in [0.29, 0.717) is 25.7 Å². The van der Waals surface area contributed by atoms with Gasteiger partial charge < -0.3 is 10.5 Å². The summed E-state index contributed by atoms with van der Waals surface area (Å²) in [6.07, 6.45) is 1.62. The van der Waals surface area contributed by atoms with Crippen LogP contribution in [0.2, 0.25) is 0 Å². The maximum Gasteiger partial charge on any atom is 0.164 e. The summed E-state index contributed by atoms with van der Waals surface area (Å²) in [5, 5.41) is 4.12. The zero-order valence-corrected chi connectivity index (χ0v) is 8.91. The molecule has 0 unspecified atom stereocenters. The second-order valence-electron chi connectivity index (χ2n) is 3.37. The highest BCUT2D eigenvalue weighted by Gasteiger charge is 1.98. The first-order valence-electron chi connectivity index (χ1n) is 5.08. The Hall–Kier alpha value is -1.72. The fourth-order valence-electron chi connectivity index (χ4n) is 1.32. The van der Waals surface area contributed by atoms with E-state index in [1.807, 2.05) is 30.3 Å². The second kappa shape index (κ2) is 5.39. The van der Waals surface area contributed by atoms with Crippen LogP contribution >= 0.6 is 0 Å². The van der Waals surface area contributed by atoms with Gasteiger partial charge >= 0.3 is 0 Å². The molecule has 1 heterocycles. The van der Waals surface area contributed by atoms with Crippen molar-refractivity contribution in [1.29, 1.82) is 0 Å². The normalized spacial score (nSPS) is 10.6. The number of nitrogens with zero attached hydrogens (tertiary/aromatic N) is 3. The fraction of sp³-hybridized carbons (Fsp3) is 0.273. The van der Waals surface area contributed by atoms with E-state index in [4.69, 9.17) is 10.5 Å². The third kappa shape index (κ3) is 2.88. The Bertz CT molecular complexity index is 427. The summed E-state index contributed by atoms with van der Waals surface area (Å²) in [7, 11) is 0. The minimum absolute atomic E-state index is 0.353. The molecular formula is C11H14N4O. The molecule has 0 radical (unpaired) electrons. The highest BCUT2D eigenvalue weighted by atomic mass is 16.5. The standard InChI is InChI=1S/C11H14N4O/c12-6-11-13-8-15(14-11)9-16-7-10-4-2-1-3-5-10/h1-5,8H,6-7,9,12H2. The van der Waals surface area contributed by atoms with Gasteiger partial charge in [0.2, 0.25) is 0 Å². The van der Waals surface area contributed by atoms with Crippen molar-refractivity contribution >= 4 is 0 Å². The van der Waals surface area contributed by atoms with Crippen LogP contribution in [0.5, 0.6) is 0 Å². The Balaban J connectivity index is 1.80. The number of hydrogen-bond donors (Lipinski definition) is 1.